The summed E-state index contributed by atoms with van der Waals surface area (Å²) in [6, 6.07) is 6.60. The molecule has 5 nitrogen and oxygen atoms in total. The molecule has 27 heavy (non-hydrogen) atoms. The number of carbonyl (C=O) groups excluding carboxylic acids is 3. The number of ether oxygens (including phenoxy) is 1. The molecule has 2 aromatic carbocycles. The zero-order valence-corrected chi connectivity index (χ0v) is 17.2. The first-order chi connectivity index (χ1) is 12.7. The van der Waals surface area contributed by atoms with Crippen LogP contribution in [0.15, 0.2) is 43.7 Å². The Kier molecular flexibility index (Phi) is 5.30. The average Bonchev–Trinajstić information content (AvgIpc) is 2.95. The SMILES string of the molecule is CC(=O)Oc1c(Br)cc(C(=O)c2c(C(C)=O)oc3ccc(F)cc23)cc1Br. The Morgan fingerprint density at radius 1 is 1.04 bits per heavy atom. The number of benzene rings is 2. The molecule has 1 aromatic heterocycles. The first-order valence-corrected chi connectivity index (χ1v) is 9.22. The Morgan fingerprint density at radius 2 is 1.67 bits per heavy atom. The molecule has 0 fully saturated rings. The summed E-state index contributed by atoms with van der Waals surface area (Å²) in [5.74, 6) is -1.98. The van der Waals surface area contributed by atoms with Crippen LogP contribution in [0.25, 0.3) is 11.0 Å². The second-order valence-corrected chi connectivity index (χ2v) is 7.40. The number of halogens is 3. The van der Waals surface area contributed by atoms with Crippen molar-refractivity contribution in [3.63, 3.8) is 0 Å². The van der Waals surface area contributed by atoms with E-state index < -0.39 is 23.4 Å². The van der Waals surface area contributed by atoms with E-state index >= 15 is 0 Å². The lowest BCUT2D eigenvalue weighted by Crippen LogP contribution is -2.08. The van der Waals surface area contributed by atoms with Crippen molar-refractivity contribution in [3.8, 4) is 5.75 Å². The van der Waals surface area contributed by atoms with Crippen LogP contribution in [-0.4, -0.2) is 17.5 Å². The number of carbonyl (C=O) groups is 3. The van der Waals surface area contributed by atoms with Crippen LogP contribution in [0.3, 0.4) is 0 Å². The van der Waals surface area contributed by atoms with Crippen molar-refractivity contribution in [1.82, 2.24) is 0 Å². The largest absolute Gasteiger partial charge is 0.452 e. The normalized spacial score (nSPS) is 10.9. The third kappa shape index (κ3) is 3.72. The molecule has 3 rings (SSSR count). The molecular formula is C19H11Br2FO5. The fourth-order valence-corrected chi connectivity index (χ4v) is 3.97. The van der Waals surface area contributed by atoms with Gasteiger partial charge in [0.2, 0.25) is 0 Å². The second-order valence-electron chi connectivity index (χ2n) is 5.69. The number of hydrogen-bond acceptors (Lipinski definition) is 5. The highest BCUT2D eigenvalue weighted by atomic mass is 79.9. The van der Waals surface area contributed by atoms with Crippen LogP contribution < -0.4 is 4.74 Å². The summed E-state index contributed by atoms with van der Waals surface area (Å²) >= 11 is 6.51. The molecular weight excluding hydrogens is 487 g/mol. The molecule has 0 spiro atoms. The van der Waals surface area contributed by atoms with Gasteiger partial charge in [0.25, 0.3) is 0 Å². The van der Waals surface area contributed by atoms with Gasteiger partial charge in [-0.15, -0.1) is 0 Å². The monoisotopic (exact) mass is 496 g/mol. The van der Waals surface area contributed by atoms with Crippen molar-refractivity contribution in [2.45, 2.75) is 13.8 Å². The van der Waals surface area contributed by atoms with Crippen LogP contribution >= 0.6 is 31.9 Å². The van der Waals surface area contributed by atoms with Gasteiger partial charge < -0.3 is 9.15 Å². The van der Waals surface area contributed by atoms with Crippen molar-refractivity contribution in [1.29, 1.82) is 0 Å². The standard InChI is InChI=1S/C19H11Br2FO5/c1-8(23)18-16(12-7-11(22)3-4-15(12)27-18)17(25)10-5-13(20)19(14(21)6-10)26-9(2)24/h3-7H,1-2H3. The summed E-state index contributed by atoms with van der Waals surface area (Å²) in [5, 5.41) is 0.210. The molecule has 0 atom stereocenters. The number of rotatable bonds is 4. The molecule has 8 heteroatoms. The molecule has 1 heterocycles. The van der Waals surface area contributed by atoms with Crippen LogP contribution in [0.1, 0.15) is 40.3 Å². The van der Waals surface area contributed by atoms with Crippen LogP contribution in [-0.2, 0) is 4.79 Å². The highest BCUT2D eigenvalue weighted by Crippen LogP contribution is 2.37. The highest BCUT2D eigenvalue weighted by Gasteiger charge is 2.26. The van der Waals surface area contributed by atoms with E-state index in [2.05, 4.69) is 31.9 Å². The van der Waals surface area contributed by atoms with Crippen LogP contribution in [0.2, 0.25) is 0 Å². The summed E-state index contributed by atoms with van der Waals surface area (Å²) in [6.45, 7) is 2.52. The Hall–Kier alpha value is -2.32. The zero-order valence-electron chi connectivity index (χ0n) is 14.1. The predicted octanol–water partition coefficient (Wildman–Crippen LogP) is 5.46. The third-order valence-electron chi connectivity index (χ3n) is 3.70. The zero-order chi connectivity index (χ0) is 19.9. The van der Waals surface area contributed by atoms with E-state index in [0.717, 1.165) is 6.07 Å². The number of esters is 1. The molecule has 138 valence electrons. The van der Waals surface area contributed by atoms with Crippen molar-refractivity contribution in [2.24, 2.45) is 0 Å². The number of hydrogen-bond donors (Lipinski definition) is 0. The van der Waals surface area contributed by atoms with E-state index in [1.54, 1.807) is 0 Å². The lowest BCUT2D eigenvalue weighted by atomic mass is 9.99. The van der Waals surface area contributed by atoms with Crippen molar-refractivity contribution < 1.29 is 27.9 Å². The lowest BCUT2D eigenvalue weighted by molar-refractivity contribution is -0.131. The van der Waals surface area contributed by atoms with E-state index in [9.17, 15) is 18.8 Å². The second kappa shape index (κ2) is 7.36. The topological polar surface area (TPSA) is 73.6 Å². The van der Waals surface area contributed by atoms with Gasteiger partial charge in [-0.3, -0.25) is 14.4 Å². The first kappa shape index (κ1) is 19.4. The molecule has 0 saturated heterocycles. The number of furan rings is 1. The molecule has 0 bridgehead atoms. The maximum Gasteiger partial charge on any atom is 0.308 e. The number of Topliss-reactive ketones (excluding diaryl/α,β-unsaturated/α-hetero) is 1. The smallest absolute Gasteiger partial charge is 0.308 e. The van der Waals surface area contributed by atoms with Crippen molar-refractivity contribution in [2.75, 3.05) is 0 Å². The van der Waals surface area contributed by atoms with E-state index in [1.807, 2.05) is 0 Å². The van der Waals surface area contributed by atoms with Gasteiger partial charge in [-0.1, -0.05) is 0 Å². The Bertz CT molecular complexity index is 1090. The highest BCUT2D eigenvalue weighted by molar-refractivity contribution is 9.11. The van der Waals surface area contributed by atoms with Gasteiger partial charge in [0.1, 0.15) is 11.4 Å². The summed E-state index contributed by atoms with van der Waals surface area (Å²) in [7, 11) is 0. The summed E-state index contributed by atoms with van der Waals surface area (Å²) < 4.78 is 25.0. The van der Waals surface area contributed by atoms with E-state index in [1.165, 1.54) is 38.1 Å². The van der Waals surface area contributed by atoms with E-state index in [-0.39, 0.29) is 33.6 Å². The summed E-state index contributed by atoms with van der Waals surface area (Å²) in [6.07, 6.45) is 0. The van der Waals surface area contributed by atoms with Gasteiger partial charge in [0.05, 0.1) is 14.5 Å². The number of fused-ring (bicyclic) bond motifs is 1. The number of ketones is 2. The Morgan fingerprint density at radius 3 is 2.22 bits per heavy atom. The van der Waals surface area contributed by atoms with Gasteiger partial charge in [0, 0.05) is 24.8 Å². The third-order valence-corrected chi connectivity index (χ3v) is 4.88. The Balaban J connectivity index is 2.19. The van der Waals surface area contributed by atoms with Crippen LogP contribution in [0, 0.1) is 5.82 Å². The molecule has 0 N–H and O–H groups in total. The van der Waals surface area contributed by atoms with Gasteiger partial charge in [0.15, 0.2) is 23.1 Å². The van der Waals surface area contributed by atoms with Gasteiger partial charge >= 0.3 is 5.97 Å². The minimum absolute atomic E-state index is 0.0176. The summed E-state index contributed by atoms with van der Waals surface area (Å²) in [5.41, 5.74) is 0.412. The minimum atomic E-state index is -0.556. The Labute approximate surface area is 169 Å². The van der Waals surface area contributed by atoms with Gasteiger partial charge in [-0.25, -0.2) is 4.39 Å². The first-order valence-electron chi connectivity index (χ1n) is 7.64. The molecule has 0 aliphatic heterocycles. The molecule has 0 aliphatic carbocycles. The summed E-state index contributed by atoms with van der Waals surface area (Å²) in [4.78, 5) is 36.3. The lowest BCUT2D eigenvalue weighted by Gasteiger charge is -2.09. The van der Waals surface area contributed by atoms with Gasteiger partial charge in [-0.05, 0) is 62.2 Å². The molecule has 3 aromatic rings. The van der Waals surface area contributed by atoms with Gasteiger partial charge in [-0.2, -0.15) is 0 Å². The maximum atomic E-state index is 13.7. The fourth-order valence-electron chi connectivity index (χ4n) is 2.62. The van der Waals surface area contributed by atoms with Crippen LogP contribution in [0.4, 0.5) is 4.39 Å². The predicted molar refractivity (Wildman–Crippen MR) is 103 cm³/mol. The maximum absolute atomic E-state index is 13.7. The fraction of sp³-hybridized carbons (Fsp3) is 0.105. The minimum Gasteiger partial charge on any atom is -0.452 e. The quantitative estimate of drug-likeness (QED) is 0.272. The van der Waals surface area contributed by atoms with Crippen molar-refractivity contribution in [3.05, 3.63) is 62.0 Å². The molecule has 0 saturated carbocycles. The van der Waals surface area contributed by atoms with Crippen LogP contribution in [0.5, 0.6) is 5.75 Å². The molecule has 0 unspecified atom stereocenters. The van der Waals surface area contributed by atoms with E-state index in [0.29, 0.717) is 8.95 Å². The molecule has 0 radical (unpaired) electrons. The van der Waals surface area contributed by atoms with E-state index in [4.69, 9.17) is 9.15 Å². The average molecular weight is 498 g/mol. The molecule has 0 amide bonds. The molecule has 0 aliphatic rings. The van der Waals surface area contributed by atoms with Crippen molar-refractivity contribution >= 4 is 60.4 Å².